The molecule has 1 aliphatic rings. The summed E-state index contributed by atoms with van der Waals surface area (Å²) in [4.78, 5) is 27.6. The van der Waals surface area contributed by atoms with Crippen LogP contribution in [0.3, 0.4) is 0 Å². The smallest absolute Gasteiger partial charge is 0.253 e. The molecule has 156 valence electrons. The lowest BCUT2D eigenvalue weighted by Crippen LogP contribution is -2.40. The number of nitrogens with zero attached hydrogens (tertiary/aromatic N) is 9. The first-order valence-electron chi connectivity index (χ1n) is 9.98. The van der Waals surface area contributed by atoms with E-state index in [9.17, 15) is 4.79 Å². The average Bonchev–Trinajstić information content (AvgIpc) is 3.52. The van der Waals surface area contributed by atoms with Crippen LogP contribution in [0.15, 0.2) is 53.7 Å². The Balaban J connectivity index is 1.26. The van der Waals surface area contributed by atoms with Crippen molar-refractivity contribution >= 4 is 5.91 Å². The molecule has 4 aromatic rings. The first-order chi connectivity index (χ1) is 15.3. The molecule has 0 unspecified atom stereocenters. The Morgan fingerprint density at radius 3 is 3.06 bits per heavy atom. The molecule has 5 rings (SSSR count). The minimum Gasteiger partial charge on any atom is -0.339 e. The van der Waals surface area contributed by atoms with Crippen molar-refractivity contribution in [1.82, 2.24) is 45.2 Å². The topological polar surface area (TPSA) is 129 Å². The van der Waals surface area contributed by atoms with Gasteiger partial charge in [-0.25, -0.2) is 9.67 Å². The molecule has 1 amide bonds. The molecule has 0 spiro atoms. The molecule has 1 fully saturated rings. The standard InChI is InChI=1S/C20H19N9O2/c30-20(15-4-1-5-16(10-15)29-13-23-26-27-29)28-8-2-3-14(12-28)9-18-24-19(25-31-18)17-11-21-6-7-22-17/h1,4-7,10-11,13-14H,2-3,8-9,12H2/t14-/m0/s1. The molecule has 0 bridgehead atoms. The SMILES string of the molecule is O=C(c1cccc(-n2cnnn2)c1)N1CCC[C@@H](Cc2nc(-c3cnccn3)no2)C1. The summed E-state index contributed by atoms with van der Waals surface area (Å²) in [6, 6.07) is 7.30. The number of carbonyl (C=O) groups is 1. The van der Waals surface area contributed by atoms with Crippen LogP contribution in [-0.2, 0) is 6.42 Å². The third kappa shape index (κ3) is 4.15. The number of hydrogen-bond donors (Lipinski definition) is 0. The van der Waals surface area contributed by atoms with E-state index < -0.39 is 0 Å². The molecule has 0 radical (unpaired) electrons. The highest BCUT2D eigenvalue weighted by atomic mass is 16.5. The van der Waals surface area contributed by atoms with Crippen molar-refractivity contribution in [1.29, 1.82) is 0 Å². The highest BCUT2D eigenvalue weighted by molar-refractivity contribution is 5.94. The maximum absolute atomic E-state index is 13.1. The first-order valence-corrected chi connectivity index (χ1v) is 9.98. The lowest BCUT2D eigenvalue weighted by molar-refractivity contribution is 0.0668. The van der Waals surface area contributed by atoms with E-state index in [-0.39, 0.29) is 11.8 Å². The van der Waals surface area contributed by atoms with Gasteiger partial charge in [0.15, 0.2) is 0 Å². The Labute approximate surface area is 177 Å². The number of piperidine rings is 1. The van der Waals surface area contributed by atoms with Crippen molar-refractivity contribution in [2.75, 3.05) is 13.1 Å². The van der Waals surface area contributed by atoms with Crippen LogP contribution in [0.5, 0.6) is 0 Å². The zero-order chi connectivity index (χ0) is 21.0. The van der Waals surface area contributed by atoms with Gasteiger partial charge < -0.3 is 9.42 Å². The summed E-state index contributed by atoms with van der Waals surface area (Å²) < 4.78 is 6.93. The summed E-state index contributed by atoms with van der Waals surface area (Å²) in [6.07, 6.45) is 8.81. The monoisotopic (exact) mass is 417 g/mol. The number of tetrazole rings is 1. The lowest BCUT2D eigenvalue weighted by Gasteiger charge is -2.32. The van der Waals surface area contributed by atoms with Gasteiger partial charge in [0.2, 0.25) is 11.7 Å². The molecule has 11 heteroatoms. The molecule has 1 saturated heterocycles. The summed E-state index contributed by atoms with van der Waals surface area (Å²) in [5, 5.41) is 15.2. The minimum atomic E-state index is -0.00889. The van der Waals surface area contributed by atoms with Crippen molar-refractivity contribution in [2.24, 2.45) is 5.92 Å². The van der Waals surface area contributed by atoms with Crippen molar-refractivity contribution < 1.29 is 9.32 Å². The Morgan fingerprint density at radius 1 is 1.26 bits per heavy atom. The molecule has 1 aromatic carbocycles. The summed E-state index contributed by atoms with van der Waals surface area (Å²) in [5.41, 5.74) is 1.92. The first kappa shape index (κ1) is 19.0. The van der Waals surface area contributed by atoms with E-state index in [1.807, 2.05) is 23.1 Å². The predicted octanol–water partition coefficient (Wildman–Crippen LogP) is 1.60. The Bertz CT molecular complexity index is 1160. The Kier molecular flexibility index (Phi) is 5.13. The second-order valence-corrected chi connectivity index (χ2v) is 7.37. The summed E-state index contributed by atoms with van der Waals surface area (Å²) in [7, 11) is 0. The van der Waals surface area contributed by atoms with Crippen molar-refractivity contribution in [2.45, 2.75) is 19.3 Å². The van der Waals surface area contributed by atoms with Gasteiger partial charge in [-0.3, -0.25) is 9.78 Å². The van der Waals surface area contributed by atoms with E-state index in [4.69, 9.17) is 4.52 Å². The van der Waals surface area contributed by atoms with Crippen LogP contribution in [0.4, 0.5) is 0 Å². The molecular formula is C20H19N9O2. The zero-order valence-corrected chi connectivity index (χ0v) is 16.6. The maximum Gasteiger partial charge on any atom is 0.253 e. The van der Waals surface area contributed by atoms with Gasteiger partial charge in [0.05, 0.1) is 11.9 Å². The van der Waals surface area contributed by atoms with Crippen molar-refractivity contribution in [3.8, 4) is 17.2 Å². The van der Waals surface area contributed by atoms with Crippen molar-refractivity contribution in [3.63, 3.8) is 0 Å². The number of likely N-dealkylation sites (tertiary alicyclic amines) is 1. The molecular weight excluding hydrogens is 398 g/mol. The highest BCUT2D eigenvalue weighted by Crippen LogP contribution is 2.23. The summed E-state index contributed by atoms with van der Waals surface area (Å²) in [5.74, 6) is 1.20. The van der Waals surface area contributed by atoms with Gasteiger partial charge in [-0.2, -0.15) is 4.98 Å². The van der Waals surface area contributed by atoms with Crippen LogP contribution < -0.4 is 0 Å². The van der Waals surface area contributed by atoms with E-state index in [0.29, 0.717) is 35.9 Å². The molecule has 0 aliphatic carbocycles. The van der Waals surface area contributed by atoms with E-state index in [2.05, 4.69) is 35.6 Å². The second kappa shape index (κ2) is 8.38. The lowest BCUT2D eigenvalue weighted by atomic mass is 9.94. The summed E-state index contributed by atoms with van der Waals surface area (Å²) >= 11 is 0. The fraction of sp³-hybridized carbons (Fsp3) is 0.300. The van der Waals surface area contributed by atoms with E-state index >= 15 is 0 Å². The van der Waals surface area contributed by atoms with E-state index in [1.165, 1.54) is 11.0 Å². The molecule has 4 heterocycles. The van der Waals surface area contributed by atoms with Crippen LogP contribution in [-0.4, -0.2) is 64.2 Å². The average molecular weight is 417 g/mol. The molecule has 0 saturated carbocycles. The van der Waals surface area contributed by atoms with E-state index in [1.54, 1.807) is 24.7 Å². The third-order valence-corrected chi connectivity index (χ3v) is 5.24. The Hall–Kier alpha value is -4.02. The molecule has 0 N–H and O–H groups in total. The summed E-state index contributed by atoms with van der Waals surface area (Å²) in [6.45, 7) is 1.36. The Morgan fingerprint density at radius 2 is 2.23 bits per heavy atom. The van der Waals surface area contributed by atoms with E-state index in [0.717, 1.165) is 25.1 Å². The molecule has 1 aliphatic heterocycles. The third-order valence-electron chi connectivity index (χ3n) is 5.24. The normalized spacial score (nSPS) is 16.4. The van der Waals surface area contributed by atoms with Gasteiger partial charge in [0.1, 0.15) is 12.0 Å². The highest BCUT2D eigenvalue weighted by Gasteiger charge is 2.26. The molecule has 1 atom stereocenters. The van der Waals surface area contributed by atoms with Gasteiger partial charge >= 0.3 is 0 Å². The van der Waals surface area contributed by atoms with Gasteiger partial charge in [0.25, 0.3) is 5.91 Å². The van der Waals surface area contributed by atoms with Crippen molar-refractivity contribution in [3.05, 3.63) is 60.6 Å². The largest absolute Gasteiger partial charge is 0.339 e. The molecule has 31 heavy (non-hydrogen) atoms. The van der Waals surface area contributed by atoms with Crippen LogP contribution in [0.25, 0.3) is 17.2 Å². The zero-order valence-electron chi connectivity index (χ0n) is 16.6. The number of rotatable bonds is 5. The quantitative estimate of drug-likeness (QED) is 0.475. The number of benzene rings is 1. The van der Waals surface area contributed by atoms with Gasteiger partial charge in [-0.1, -0.05) is 11.2 Å². The van der Waals surface area contributed by atoms with Crippen LogP contribution in [0, 0.1) is 5.92 Å². The number of carbonyl (C=O) groups excluding carboxylic acids is 1. The fourth-order valence-electron chi connectivity index (χ4n) is 3.76. The molecule has 3 aromatic heterocycles. The minimum absolute atomic E-state index is 0.00889. The van der Waals surface area contributed by atoms with Crippen LogP contribution >= 0.6 is 0 Å². The predicted molar refractivity (Wildman–Crippen MR) is 107 cm³/mol. The van der Waals surface area contributed by atoms with Crippen LogP contribution in [0.2, 0.25) is 0 Å². The number of aromatic nitrogens is 8. The van der Waals surface area contributed by atoms with Gasteiger partial charge in [-0.05, 0) is 47.4 Å². The van der Waals surface area contributed by atoms with Gasteiger partial charge in [0, 0.05) is 37.5 Å². The fourth-order valence-corrected chi connectivity index (χ4v) is 3.76. The van der Waals surface area contributed by atoms with Crippen LogP contribution in [0.1, 0.15) is 29.1 Å². The maximum atomic E-state index is 13.1. The molecule has 11 nitrogen and oxygen atoms in total. The second-order valence-electron chi connectivity index (χ2n) is 7.37. The number of hydrogen-bond acceptors (Lipinski definition) is 9. The number of amides is 1. The van der Waals surface area contributed by atoms with Gasteiger partial charge in [-0.15, -0.1) is 5.10 Å².